The van der Waals surface area contributed by atoms with Gasteiger partial charge < -0.3 is 10.0 Å². The number of amides is 1. The van der Waals surface area contributed by atoms with Gasteiger partial charge in [0.2, 0.25) is 0 Å². The van der Waals surface area contributed by atoms with E-state index in [1.165, 1.54) is 11.3 Å². The monoisotopic (exact) mass is 211 g/mol. The van der Waals surface area contributed by atoms with Crippen molar-refractivity contribution in [1.82, 2.24) is 4.90 Å². The molecule has 0 radical (unpaired) electrons. The molecular formula is C10H13NO2S. The molecule has 0 spiro atoms. The first kappa shape index (κ1) is 9.68. The number of hydrogen-bond acceptors (Lipinski definition) is 3. The van der Waals surface area contributed by atoms with E-state index >= 15 is 0 Å². The highest BCUT2D eigenvalue weighted by atomic mass is 32.1. The zero-order valence-corrected chi connectivity index (χ0v) is 8.88. The topological polar surface area (TPSA) is 40.5 Å². The Kier molecular flexibility index (Phi) is 2.56. The number of β-amino-alcohol motifs (C(OH)–C–C–N with tert-alkyl or cyclic N) is 1. The summed E-state index contributed by atoms with van der Waals surface area (Å²) in [6.07, 6.45) is 0.371. The van der Waals surface area contributed by atoms with Gasteiger partial charge in [0.1, 0.15) is 0 Å². The van der Waals surface area contributed by atoms with E-state index in [4.69, 9.17) is 0 Å². The first-order valence-electron chi connectivity index (χ1n) is 4.70. The standard InChI is InChI=1S/C10H13NO2S/c1-7-2-3-9(14-7)10(13)11-5-4-8(12)6-11/h2-3,8,12H,4-6H2,1H3. The fourth-order valence-electron chi connectivity index (χ4n) is 1.63. The molecule has 1 aliphatic heterocycles. The van der Waals surface area contributed by atoms with Crippen LogP contribution in [-0.2, 0) is 0 Å². The van der Waals surface area contributed by atoms with E-state index in [0.29, 0.717) is 19.5 Å². The molecule has 1 N–H and O–H groups in total. The van der Waals surface area contributed by atoms with Crippen LogP contribution in [0.15, 0.2) is 12.1 Å². The number of likely N-dealkylation sites (tertiary alicyclic amines) is 1. The Morgan fingerprint density at radius 1 is 1.64 bits per heavy atom. The van der Waals surface area contributed by atoms with Crippen LogP contribution in [-0.4, -0.2) is 35.1 Å². The Hall–Kier alpha value is -0.870. The van der Waals surface area contributed by atoms with Crippen molar-refractivity contribution < 1.29 is 9.90 Å². The third-order valence-corrected chi connectivity index (χ3v) is 3.39. The molecule has 0 saturated carbocycles. The molecule has 1 aromatic rings. The first-order valence-corrected chi connectivity index (χ1v) is 5.52. The molecule has 0 aromatic carbocycles. The summed E-state index contributed by atoms with van der Waals surface area (Å²) in [6, 6.07) is 3.80. The Morgan fingerprint density at radius 2 is 2.43 bits per heavy atom. The van der Waals surface area contributed by atoms with Gasteiger partial charge in [0.15, 0.2) is 0 Å². The maximum absolute atomic E-state index is 11.8. The van der Waals surface area contributed by atoms with Gasteiger partial charge in [-0.25, -0.2) is 0 Å². The number of rotatable bonds is 1. The molecular weight excluding hydrogens is 198 g/mol. The van der Waals surface area contributed by atoms with Crippen molar-refractivity contribution in [3.8, 4) is 0 Å². The van der Waals surface area contributed by atoms with Gasteiger partial charge in [-0.05, 0) is 25.5 Å². The van der Waals surface area contributed by atoms with Crippen molar-refractivity contribution in [3.05, 3.63) is 21.9 Å². The molecule has 3 nitrogen and oxygen atoms in total. The highest BCUT2D eigenvalue weighted by Crippen LogP contribution is 2.19. The van der Waals surface area contributed by atoms with Crippen LogP contribution in [0.25, 0.3) is 0 Å². The maximum atomic E-state index is 11.8. The van der Waals surface area contributed by atoms with Gasteiger partial charge >= 0.3 is 0 Å². The van der Waals surface area contributed by atoms with Crippen LogP contribution >= 0.6 is 11.3 Å². The van der Waals surface area contributed by atoms with Gasteiger partial charge in [-0.1, -0.05) is 0 Å². The quantitative estimate of drug-likeness (QED) is 0.759. The number of aryl methyl sites for hydroxylation is 1. The number of nitrogens with zero attached hydrogens (tertiary/aromatic N) is 1. The van der Waals surface area contributed by atoms with Crippen molar-refractivity contribution in [1.29, 1.82) is 0 Å². The van der Waals surface area contributed by atoms with Gasteiger partial charge in [-0.2, -0.15) is 0 Å². The average Bonchev–Trinajstić information content (AvgIpc) is 2.73. The molecule has 4 heteroatoms. The Bertz CT molecular complexity index is 348. The van der Waals surface area contributed by atoms with E-state index in [1.807, 2.05) is 19.1 Å². The number of aliphatic hydroxyl groups excluding tert-OH is 1. The zero-order chi connectivity index (χ0) is 10.1. The van der Waals surface area contributed by atoms with Crippen molar-refractivity contribution in [2.75, 3.05) is 13.1 Å². The second kappa shape index (κ2) is 3.71. The van der Waals surface area contributed by atoms with E-state index in [1.54, 1.807) is 4.90 Å². The number of thiophene rings is 1. The first-order chi connectivity index (χ1) is 6.66. The average molecular weight is 211 g/mol. The summed E-state index contributed by atoms with van der Waals surface area (Å²) in [5.74, 6) is 0.0552. The lowest BCUT2D eigenvalue weighted by atomic mass is 10.3. The van der Waals surface area contributed by atoms with Crippen LogP contribution in [0.1, 0.15) is 21.0 Å². The molecule has 1 saturated heterocycles. The smallest absolute Gasteiger partial charge is 0.264 e. The Labute approximate surface area is 87.0 Å². The molecule has 1 aromatic heterocycles. The fraction of sp³-hybridized carbons (Fsp3) is 0.500. The predicted octanol–water partition coefficient (Wildman–Crippen LogP) is 1.26. The molecule has 1 unspecified atom stereocenters. The predicted molar refractivity (Wildman–Crippen MR) is 55.6 cm³/mol. The minimum Gasteiger partial charge on any atom is -0.391 e. The van der Waals surface area contributed by atoms with Crippen molar-refractivity contribution in [2.45, 2.75) is 19.4 Å². The number of aliphatic hydroxyl groups is 1. The lowest BCUT2D eigenvalue weighted by Crippen LogP contribution is -2.28. The molecule has 1 amide bonds. The zero-order valence-electron chi connectivity index (χ0n) is 8.06. The van der Waals surface area contributed by atoms with Crippen LogP contribution in [0.4, 0.5) is 0 Å². The largest absolute Gasteiger partial charge is 0.391 e. The van der Waals surface area contributed by atoms with E-state index < -0.39 is 0 Å². The van der Waals surface area contributed by atoms with Crippen LogP contribution in [0, 0.1) is 6.92 Å². The summed E-state index contributed by atoms with van der Waals surface area (Å²) >= 11 is 1.51. The molecule has 0 aliphatic carbocycles. The minimum atomic E-state index is -0.333. The van der Waals surface area contributed by atoms with Gasteiger partial charge in [0, 0.05) is 18.0 Å². The number of carbonyl (C=O) groups excluding carboxylic acids is 1. The van der Waals surface area contributed by atoms with Gasteiger partial charge in [0.05, 0.1) is 11.0 Å². The minimum absolute atomic E-state index is 0.0552. The lowest BCUT2D eigenvalue weighted by Gasteiger charge is -2.13. The highest BCUT2D eigenvalue weighted by molar-refractivity contribution is 7.13. The molecule has 1 aliphatic rings. The molecule has 0 bridgehead atoms. The summed E-state index contributed by atoms with van der Waals surface area (Å²) in [4.78, 5) is 15.5. The van der Waals surface area contributed by atoms with E-state index in [-0.39, 0.29) is 12.0 Å². The van der Waals surface area contributed by atoms with Crippen molar-refractivity contribution >= 4 is 17.2 Å². The molecule has 1 fully saturated rings. The summed E-state index contributed by atoms with van der Waals surface area (Å²) in [6.45, 7) is 3.15. The van der Waals surface area contributed by atoms with Gasteiger partial charge in [-0.3, -0.25) is 4.79 Å². The van der Waals surface area contributed by atoms with Gasteiger partial charge in [-0.15, -0.1) is 11.3 Å². The Morgan fingerprint density at radius 3 is 2.93 bits per heavy atom. The molecule has 76 valence electrons. The third kappa shape index (κ3) is 1.81. The Balaban J connectivity index is 2.09. The normalized spacial score (nSPS) is 21.6. The van der Waals surface area contributed by atoms with Crippen LogP contribution in [0.2, 0.25) is 0 Å². The van der Waals surface area contributed by atoms with Gasteiger partial charge in [0.25, 0.3) is 5.91 Å². The lowest BCUT2D eigenvalue weighted by molar-refractivity contribution is 0.0769. The molecule has 2 rings (SSSR count). The number of hydrogen-bond donors (Lipinski definition) is 1. The second-order valence-corrected chi connectivity index (χ2v) is 4.89. The maximum Gasteiger partial charge on any atom is 0.264 e. The van der Waals surface area contributed by atoms with E-state index in [2.05, 4.69) is 0 Å². The second-order valence-electron chi connectivity index (χ2n) is 3.60. The molecule has 2 heterocycles. The SMILES string of the molecule is Cc1ccc(C(=O)N2CCC(O)C2)s1. The highest BCUT2D eigenvalue weighted by Gasteiger charge is 2.25. The number of carbonyl (C=O) groups is 1. The fourth-order valence-corrected chi connectivity index (χ4v) is 2.47. The van der Waals surface area contributed by atoms with Crippen molar-refractivity contribution in [2.24, 2.45) is 0 Å². The van der Waals surface area contributed by atoms with Crippen LogP contribution < -0.4 is 0 Å². The van der Waals surface area contributed by atoms with Crippen molar-refractivity contribution in [3.63, 3.8) is 0 Å². The third-order valence-electron chi connectivity index (χ3n) is 2.40. The molecule has 14 heavy (non-hydrogen) atoms. The summed E-state index contributed by atoms with van der Waals surface area (Å²) in [5.41, 5.74) is 0. The van der Waals surface area contributed by atoms with E-state index in [9.17, 15) is 9.90 Å². The molecule has 1 atom stereocenters. The van der Waals surface area contributed by atoms with E-state index in [0.717, 1.165) is 9.75 Å². The summed E-state index contributed by atoms with van der Waals surface area (Å²) in [5, 5.41) is 9.31. The van der Waals surface area contributed by atoms with Crippen LogP contribution in [0.5, 0.6) is 0 Å². The summed E-state index contributed by atoms with van der Waals surface area (Å²) in [7, 11) is 0. The van der Waals surface area contributed by atoms with Crippen LogP contribution in [0.3, 0.4) is 0 Å². The summed E-state index contributed by atoms with van der Waals surface area (Å²) < 4.78 is 0.